The highest BCUT2D eigenvalue weighted by molar-refractivity contribution is 9.10. The zero-order valence-corrected chi connectivity index (χ0v) is 12.4. The lowest BCUT2D eigenvalue weighted by atomic mass is 10.3. The van der Waals surface area contributed by atoms with Gasteiger partial charge in [-0.05, 0) is 40.6 Å². The van der Waals surface area contributed by atoms with Crippen molar-refractivity contribution in [2.45, 2.75) is 26.8 Å². The first-order valence-electron chi connectivity index (χ1n) is 5.52. The van der Waals surface area contributed by atoms with Gasteiger partial charge in [0.25, 0.3) is 0 Å². The number of anilines is 1. The van der Waals surface area contributed by atoms with E-state index in [1.165, 1.54) is 5.75 Å². The molecule has 16 heavy (non-hydrogen) atoms. The lowest BCUT2D eigenvalue weighted by Crippen LogP contribution is -2.18. The molecule has 0 saturated carbocycles. The van der Waals surface area contributed by atoms with E-state index in [4.69, 9.17) is 0 Å². The van der Waals surface area contributed by atoms with Crippen molar-refractivity contribution in [2.75, 3.05) is 16.8 Å². The highest BCUT2D eigenvalue weighted by Gasteiger charge is 2.03. The van der Waals surface area contributed by atoms with Crippen molar-refractivity contribution >= 4 is 33.4 Å². The van der Waals surface area contributed by atoms with E-state index >= 15 is 0 Å². The summed E-state index contributed by atoms with van der Waals surface area (Å²) in [6.45, 7) is 6.71. The molecule has 0 bridgehead atoms. The Morgan fingerprint density at radius 3 is 2.69 bits per heavy atom. The summed E-state index contributed by atoms with van der Waals surface area (Å²) in [7, 11) is 0. The third-order valence-electron chi connectivity index (χ3n) is 1.94. The van der Waals surface area contributed by atoms with Crippen LogP contribution in [-0.2, 0) is 0 Å². The summed E-state index contributed by atoms with van der Waals surface area (Å²) >= 11 is 5.41. The fourth-order valence-corrected chi connectivity index (χ4v) is 2.71. The third-order valence-corrected chi connectivity index (χ3v) is 4.01. The van der Waals surface area contributed by atoms with Crippen LogP contribution in [0.15, 0.2) is 22.9 Å². The van der Waals surface area contributed by atoms with Crippen LogP contribution in [0.1, 0.15) is 20.8 Å². The van der Waals surface area contributed by atoms with Crippen LogP contribution in [0.3, 0.4) is 0 Å². The fourth-order valence-electron chi connectivity index (χ4n) is 1.30. The molecule has 1 N–H and O–H groups in total. The molecule has 0 aliphatic carbocycles. The summed E-state index contributed by atoms with van der Waals surface area (Å²) in [5.41, 5.74) is 1.08. The van der Waals surface area contributed by atoms with Gasteiger partial charge in [-0.2, -0.15) is 11.8 Å². The predicted octanol–water partition coefficient (Wildman–Crippen LogP) is 4.03. The molecule has 0 aliphatic heterocycles. The average molecular weight is 303 g/mol. The first kappa shape index (κ1) is 13.8. The van der Waals surface area contributed by atoms with Crippen LogP contribution in [0.4, 0.5) is 5.69 Å². The Kier molecular flexibility index (Phi) is 6.21. The molecule has 1 unspecified atom stereocenters. The van der Waals surface area contributed by atoms with E-state index in [1.807, 2.05) is 18.0 Å². The van der Waals surface area contributed by atoms with Crippen molar-refractivity contribution in [1.29, 1.82) is 0 Å². The topological polar surface area (TPSA) is 24.9 Å². The van der Waals surface area contributed by atoms with Gasteiger partial charge in [0.15, 0.2) is 0 Å². The number of nitrogens with one attached hydrogen (secondary N) is 1. The highest BCUT2D eigenvalue weighted by Crippen LogP contribution is 2.16. The van der Waals surface area contributed by atoms with Gasteiger partial charge >= 0.3 is 0 Å². The van der Waals surface area contributed by atoms with Gasteiger partial charge in [0.2, 0.25) is 0 Å². The monoisotopic (exact) mass is 302 g/mol. The maximum absolute atomic E-state index is 4.13. The second-order valence-electron chi connectivity index (χ2n) is 4.37. The van der Waals surface area contributed by atoms with Gasteiger partial charge in [-0.3, -0.25) is 4.98 Å². The number of pyridine rings is 1. The lowest BCUT2D eigenvalue weighted by Gasteiger charge is -2.15. The van der Waals surface area contributed by atoms with Crippen LogP contribution in [0, 0.1) is 5.92 Å². The third kappa shape index (κ3) is 5.75. The Balaban J connectivity index is 2.31. The van der Waals surface area contributed by atoms with Crippen LogP contribution < -0.4 is 5.32 Å². The summed E-state index contributed by atoms with van der Waals surface area (Å²) in [4.78, 5) is 4.13. The van der Waals surface area contributed by atoms with Crippen LogP contribution >= 0.6 is 27.7 Å². The Bertz CT molecular complexity index is 318. The molecule has 0 saturated heterocycles. The van der Waals surface area contributed by atoms with Crippen molar-refractivity contribution in [3.8, 4) is 0 Å². The van der Waals surface area contributed by atoms with Crippen molar-refractivity contribution in [3.63, 3.8) is 0 Å². The molecule has 0 radical (unpaired) electrons. The molecule has 90 valence electrons. The molecule has 1 heterocycles. The SMILES string of the molecule is CC(C)CSCC(C)Nc1cncc(Br)c1. The Hall–Kier alpha value is -0.220. The number of thioether (sulfide) groups is 1. The van der Waals surface area contributed by atoms with Gasteiger partial charge in [0, 0.05) is 22.5 Å². The van der Waals surface area contributed by atoms with Gasteiger partial charge in [-0.1, -0.05) is 13.8 Å². The van der Waals surface area contributed by atoms with E-state index in [2.05, 4.69) is 53.1 Å². The Morgan fingerprint density at radius 2 is 2.06 bits per heavy atom. The Morgan fingerprint density at radius 1 is 1.31 bits per heavy atom. The number of aromatic nitrogens is 1. The lowest BCUT2D eigenvalue weighted by molar-refractivity contribution is 0.748. The van der Waals surface area contributed by atoms with Crippen molar-refractivity contribution < 1.29 is 0 Å². The molecule has 1 atom stereocenters. The molecule has 1 rings (SSSR count). The molecule has 1 aromatic heterocycles. The molecule has 4 heteroatoms. The van der Waals surface area contributed by atoms with E-state index < -0.39 is 0 Å². The molecule has 0 fully saturated rings. The maximum Gasteiger partial charge on any atom is 0.0540 e. The van der Waals surface area contributed by atoms with E-state index in [9.17, 15) is 0 Å². The molecule has 0 spiro atoms. The predicted molar refractivity (Wildman–Crippen MR) is 77.2 cm³/mol. The quantitative estimate of drug-likeness (QED) is 0.858. The van der Waals surface area contributed by atoms with E-state index in [1.54, 1.807) is 6.20 Å². The zero-order valence-electron chi connectivity index (χ0n) is 10.0. The molecular formula is C12H19BrN2S. The second-order valence-corrected chi connectivity index (χ2v) is 6.36. The molecule has 0 aliphatic rings. The van der Waals surface area contributed by atoms with Crippen LogP contribution in [-0.4, -0.2) is 22.5 Å². The van der Waals surface area contributed by atoms with Gasteiger partial charge in [0.1, 0.15) is 0 Å². The number of hydrogen-bond acceptors (Lipinski definition) is 3. The minimum absolute atomic E-state index is 0.472. The summed E-state index contributed by atoms with van der Waals surface area (Å²) in [6, 6.07) is 2.52. The number of hydrogen-bond donors (Lipinski definition) is 1. The molecule has 0 amide bonds. The minimum atomic E-state index is 0.472. The van der Waals surface area contributed by atoms with Crippen LogP contribution in [0.5, 0.6) is 0 Å². The smallest absolute Gasteiger partial charge is 0.0540 e. The van der Waals surface area contributed by atoms with Gasteiger partial charge in [-0.25, -0.2) is 0 Å². The van der Waals surface area contributed by atoms with Crippen molar-refractivity contribution in [1.82, 2.24) is 4.98 Å². The Labute approximate surface area is 111 Å². The highest BCUT2D eigenvalue weighted by atomic mass is 79.9. The van der Waals surface area contributed by atoms with E-state index in [-0.39, 0.29) is 0 Å². The van der Waals surface area contributed by atoms with Gasteiger partial charge < -0.3 is 5.32 Å². The van der Waals surface area contributed by atoms with Gasteiger partial charge in [-0.15, -0.1) is 0 Å². The normalized spacial score (nSPS) is 12.8. The molecule has 1 aromatic rings. The van der Waals surface area contributed by atoms with Crippen LogP contribution in [0.25, 0.3) is 0 Å². The average Bonchev–Trinajstić information content (AvgIpc) is 2.16. The number of nitrogens with zero attached hydrogens (tertiary/aromatic N) is 1. The fraction of sp³-hybridized carbons (Fsp3) is 0.583. The molecule has 2 nitrogen and oxygen atoms in total. The standard InChI is InChI=1S/C12H19BrN2S/c1-9(2)7-16-8-10(3)15-12-4-11(13)5-14-6-12/h4-6,9-10,15H,7-8H2,1-3H3. The van der Waals surface area contributed by atoms with E-state index in [0.717, 1.165) is 21.8 Å². The largest absolute Gasteiger partial charge is 0.380 e. The first-order chi connectivity index (χ1) is 7.58. The van der Waals surface area contributed by atoms with Crippen molar-refractivity contribution in [2.24, 2.45) is 5.92 Å². The molecular weight excluding hydrogens is 284 g/mol. The number of rotatable bonds is 6. The summed E-state index contributed by atoms with van der Waals surface area (Å²) < 4.78 is 1.01. The summed E-state index contributed by atoms with van der Waals surface area (Å²) in [5.74, 6) is 3.12. The minimum Gasteiger partial charge on any atom is -0.380 e. The van der Waals surface area contributed by atoms with Crippen molar-refractivity contribution in [3.05, 3.63) is 22.9 Å². The number of halogens is 1. The van der Waals surface area contributed by atoms with Gasteiger partial charge in [0.05, 0.1) is 11.9 Å². The summed E-state index contributed by atoms with van der Waals surface area (Å²) in [6.07, 6.45) is 3.65. The zero-order chi connectivity index (χ0) is 12.0. The maximum atomic E-state index is 4.13. The first-order valence-corrected chi connectivity index (χ1v) is 7.47. The van der Waals surface area contributed by atoms with Crippen LogP contribution in [0.2, 0.25) is 0 Å². The summed E-state index contributed by atoms with van der Waals surface area (Å²) in [5, 5.41) is 3.44. The second kappa shape index (κ2) is 7.17. The molecule has 0 aromatic carbocycles. The van der Waals surface area contributed by atoms with E-state index in [0.29, 0.717) is 6.04 Å².